The second kappa shape index (κ2) is 2.81. The van der Waals surface area contributed by atoms with Crippen LogP contribution < -0.4 is 0 Å². The monoisotopic (exact) mass is 124 g/mol. The molecule has 0 aromatic carbocycles. The molecule has 1 rings (SSSR count). The standard InChI is InChI=1S/C7H8S/c1-2-7-5-3-4-6-8-7/h3,5-6H,2H2,1H3. The SMILES string of the molecule is CCC1=CC=C=CS1. The Morgan fingerprint density at radius 3 is 3.00 bits per heavy atom. The number of hydrogen-bond donors (Lipinski definition) is 0. The molecule has 0 aromatic heterocycles. The smallest absolute Gasteiger partial charge is 0.0175 e. The van der Waals surface area contributed by atoms with Crippen molar-refractivity contribution in [2.45, 2.75) is 13.3 Å². The summed E-state index contributed by atoms with van der Waals surface area (Å²) in [5.41, 5.74) is 2.99. The summed E-state index contributed by atoms with van der Waals surface area (Å²) in [6.45, 7) is 2.16. The van der Waals surface area contributed by atoms with Crippen LogP contribution in [0.25, 0.3) is 0 Å². The average Bonchev–Trinajstić information content (AvgIpc) is 1.90. The van der Waals surface area contributed by atoms with Crippen LogP contribution in [-0.2, 0) is 0 Å². The molecular formula is C7H8S. The fourth-order valence-corrected chi connectivity index (χ4v) is 1.14. The zero-order valence-electron chi connectivity index (χ0n) is 4.85. The molecule has 8 heavy (non-hydrogen) atoms. The van der Waals surface area contributed by atoms with Crippen LogP contribution in [0.3, 0.4) is 0 Å². The summed E-state index contributed by atoms with van der Waals surface area (Å²) in [6.07, 6.45) is 5.19. The van der Waals surface area contributed by atoms with E-state index in [1.54, 1.807) is 11.8 Å². The van der Waals surface area contributed by atoms with Gasteiger partial charge in [-0.2, -0.15) is 0 Å². The Kier molecular flexibility index (Phi) is 2.01. The van der Waals surface area contributed by atoms with E-state index in [0.29, 0.717) is 0 Å². The normalized spacial score (nSPS) is 16.4. The largest absolute Gasteiger partial charge is 0.114 e. The van der Waals surface area contributed by atoms with Gasteiger partial charge in [0.2, 0.25) is 0 Å². The Hall–Kier alpha value is -0.390. The lowest BCUT2D eigenvalue weighted by atomic mass is 10.4. The molecular weight excluding hydrogens is 116 g/mol. The predicted molar refractivity (Wildman–Crippen MR) is 38.6 cm³/mol. The molecule has 42 valence electrons. The highest BCUT2D eigenvalue weighted by molar-refractivity contribution is 8.05. The van der Waals surface area contributed by atoms with E-state index >= 15 is 0 Å². The van der Waals surface area contributed by atoms with E-state index in [4.69, 9.17) is 0 Å². The second-order valence-electron chi connectivity index (χ2n) is 1.56. The molecule has 0 amide bonds. The lowest BCUT2D eigenvalue weighted by molar-refractivity contribution is 1.20. The maximum Gasteiger partial charge on any atom is 0.0175 e. The molecule has 0 aromatic rings. The van der Waals surface area contributed by atoms with Gasteiger partial charge in [0.1, 0.15) is 0 Å². The highest BCUT2D eigenvalue weighted by atomic mass is 32.2. The second-order valence-corrected chi connectivity index (χ2v) is 2.55. The quantitative estimate of drug-likeness (QED) is 0.484. The Labute approximate surface area is 54.0 Å². The average molecular weight is 124 g/mol. The van der Waals surface area contributed by atoms with Gasteiger partial charge in [-0.15, -0.1) is 5.73 Å². The maximum absolute atomic E-state index is 2.99. The first-order valence-electron chi connectivity index (χ1n) is 2.70. The summed E-state index contributed by atoms with van der Waals surface area (Å²) >= 11 is 1.76. The van der Waals surface area contributed by atoms with Crippen LogP contribution in [0.1, 0.15) is 13.3 Å². The molecule has 1 aliphatic heterocycles. The van der Waals surface area contributed by atoms with Crippen molar-refractivity contribution in [2.24, 2.45) is 0 Å². The first-order valence-corrected chi connectivity index (χ1v) is 3.58. The van der Waals surface area contributed by atoms with Crippen molar-refractivity contribution in [3.05, 3.63) is 28.2 Å². The fourth-order valence-electron chi connectivity index (χ4n) is 0.531. The minimum Gasteiger partial charge on any atom is -0.114 e. The van der Waals surface area contributed by atoms with Crippen molar-refractivity contribution in [1.82, 2.24) is 0 Å². The van der Waals surface area contributed by atoms with Crippen LogP contribution in [0.4, 0.5) is 0 Å². The van der Waals surface area contributed by atoms with E-state index in [1.165, 1.54) is 4.91 Å². The minimum atomic E-state index is 1.14. The molecule has 1 heterocycles. The zero-order chi connectivity index (χ0) is 5.82. The molecule has 0 N–H and O–H groups in total. The molecule has 1 heteroatoms. The van der Waals surface area contributed by atoms with Gasteiger partial charge in [-0.1, -0.05) is 18.7 Å². The highest BCUT2D eigenvalue weighted by Gasteiger charge is 1.90. The Morgan fingerprint density at radius 1 is 1.75 bits per heavy atom. The van der Waals surface area contributed by atoms with Crippen molar-refractivity contribution >= 4 is 11.8 Å². The molecule has 0 radical (unpaired) electrons. The van der Waals surface area contributed by atoms with Crippen LogP contribution in [-0.4, -0.2) is 0 Å². The van der Waals surface area contributed by atoms with Crippen molar-refractivity contribution in [3.63, 3.8) is 0 Å². The Morgan fingerprint density at radius 2 is 2.62 bits per heavy atom. The molecule has 0 spiro atoms. The fraction of sp³-hybridized carbons (Fsp3) is 0.286. The van der Waals surface area contributed by atoms with E-state index in [0.717, 1.165) is 6.42 Å². The van der Waals surface area contributed by atoms with Gasteiger partial charge in [0.25, 0.3) is 0 Å². The molecule has 0 nitrogen and oxygen atoms in total. The van der Waals surface area contributed by atoms with E-state index in [2.05, 4.69) is 18.7 Å². The summed E-state index contributed by atoms with van der Waals surface area (Å²) in [7, 11) is 0. The number of allylic oxidation sites excluding steroid dienone is 3. The van der Waals surface area contributed by atoms with Gasteiger partial charge >= 0.3 is 0 Å². The van der Waals surface area contributed by atoms with Gasteiger partial charge in [0.15, 0.2) is 0 Å². The van der Waals surface area contributed by atoms with E-state index in [1.807, 2.05) is 11.5 Å². The maximum atomic E-state index is 2.99. The van der Waals surface area contributed by atoms with Gasteiger partial charge in [-0.3, -0.25) is 0 Å². The van der Waals surface area contributed by atoms with Gasteiger partial charge in [-0.25, -0.2) is 0 Å². The summed E-state index contributed by atoms with van der Waals surface area (Å²) in [5, 5.41) is 1.98. The van der Waals surface area contributed by atoms with Crippen LogP contribution in [0.5, 0.6) is 0 Å². The van der Waals surface area contributed by atoms with Gasteiger partial charge in [0.05, 0.1) is 0 Å². The molecule has 0 aliphatic carbocycles. The number of rotatable bonds is 1. The van der Waals surface area contributed by atoms with Crippen molar-refractivity contribution < 1.29 is 0 Å². The summed E-state index contributed by atoms with van der Waals surface area (Å²) in [5.74, 6) is 0. The topological polar surface area (TPSA) is 0 Å². The molecule has 0 saturated heterocycles. The Balaban J connectivity index is 2.63. The van der Waals surface area contributed by atoms with E-state index < -0.39 is 0 Å². The molecule has 0 bridgehead atoms. The molecule has 1 aliphatic rings. The van der Waals surface area contributed by atoms with E-state index in [9.17, 15) is 0 Å². The molecule has 0 unspecified atom stereocenters. The number of hydrogen-bond acceptors (Lipinski definition) is 1. The van der Waals surface area contributed by atoms with Crippen molar-refractivity contribution in [2.75, 3.05) is 0 Å². The first-order chi connectivity index (χ1) is 3.93. The summed E-state index contributed by atoms with van der Waals surface area (Å²) < 4.78 is 0. The zero-order valence-corrected chi connectivity index (χ0v) is 5.66. The number of thioether (sulfide) groups is 1. The Bertz CT molecular complexity index is 159. The predicted octanol–water partition coefficient (Wildman–Crippen LogP) is 2.70. The third kappa shape index (κ3) is 1.29. The van der Waals surface area contributed by atoms with E-state index in [-0.39, 0.29) is 0 Å². The molecule has 0 atom stereocenters. The van der Waals surface area contributed by atoms with Crippen LogP contribution in [0.15, 0.2) is 28.2 Å². The summed E-state index contributed by atoms with van der Waals surface area (Å²) in [6, 6.07) is 0. The van der Waals surface area contributed by atoms with Crippen LogP contribution in [0, 0.1) is 0 Å². The van der Waals surface area contributed by atoms with Gasteiger partial charge in [-0.05, 0) is 23.5 Å². The lowest BCUT2D eigenvalue weighted by Gasteiger charge is -1.97. The summed E-state index contributed by atoms with van der Waals surface area (Å²) in [4.78, 5) is 1.42. The third-order valence-corrected chi connectivity index (χ3v) is 1.97. The molecule has 0 saturated carbocycles. The molecule has 0 fully saturated rings. The van der Waals surface area contributed by atoms with Crippen LogP contribution >= 0.6 is 11.8 Å². The highest BCUT2D eigenvalue weighted by Crippen LogP contribution is 2.21. The minimum absolute atomic E-state index is 1.14. The van der Waals surface area contributed by atoms with Crippen molar-refractivity contribution in [3.8, 4) is 0 Å². The first kappa shape index (κ1) is 5.74. The van der Waals surface area contributed by atoms with Crippen molar-refractivity contribution in [1.29, 1.82) is 0 Å². The third-order valence-electron chi connectivity index (χ3n) is 0.992. The van der Waals surface area contributed by atoms with Gasteiger partial charge < -0.3 is 0 Å². The van der Waals surface area contributed by atoms with Crippen LogP contribution in [0.2, 0.25) is 0 Å². The lowest BCUT2D eigenvalue weighted by Crippen LogP contribution is -1.70. The van der Waals surface area contributed by atoms with Gasteiger partial charge in [0, 0.05) is 5.41 Å².